The molecule has 4 heteroatoms. The van der Waals surface area contributed by atoms with Gasteiger partial charge in [-0.15, -0.1) is 0 Å². The third-order valence-electron chi connectivity index (χ3n) is 2.55. The molecule has 0 atom stereocenters. The molecule has 3 rings (SSSR count). The van der Waals surface area contributed by atoms with Gasteiger partial charge in [-0.05, 0) is 33.6 Å². The molecular weight excluding hydrogens is 294 g/mol. The van der Waals surface area contributed by atoms with E-state index in [0.29, 0.717) is 18.3 Å². The van der Waals surface area contributed by atoms with Crippen molar-refractivity contribution >= 4 is 27.0 Å². The fraction of sp³-hybridized carbons (Fsp3) is 0.0714. The van der Waals surface area contributed by atoms with Gasteiger partial charge in [-0.25, -0.2) is 0 Å². The number of fused-ring (bicyclic) bond motifs is 1. The maximum absolute atomic E-state index is 5.54. The maximum atomic E-state index is 5.54. The van der Waals surface area contributed by atoms with Crippen LogP contribution in [0.1, 0.15) is 5.56 Å². The number of benzene rings is 2. The summed E-state index contributed by atoms with van der Waals surface area (Å²) in [5.41, 5.74) is 2.58. The molecule has 3 aromatic rings. The second-order valence-corrected chi connectivity index (χ2v) is 4.70. The van der Waals surface area contributed by atoms with E-state index in [4.69, 9.17) is 9.15 Å². The highest BCUT2D eigenvalue weighted by atomic mass is 79.9. The fourth-order valence-corrected chi connectivity index (χ4v) is 2.11. The quantitative estimate of drug-likeness (QED) is 0.728. The second-order valence-electron chi connectivity index (χ2n) is 3.84. The van der Waals surface area contributed by atoms with Crippen molar-refractivity contribution in [3.63, 3.8) is 0 Å². The summed E-state index contributed by atoms with van der Waals surface area (Å²) in [7, 11) is 0. The molecule has 0 unspecified atom stereocenters. The first kappa shape index (κ1) is 11.3. The van der Waals surface area contributed by atoms with E-state index in [0.717, 1.165) is 15.6 Å². The van der Waals surface area contributed by atoms with Gasteiger partial charge in [0.15, 0.2) is 5.58 Å². The van der Waals surface area contributed by atoms with Crippen LogP contribution in [-0.4, -0.2) is 4.98 Å². The zero-order valence-electron chi connectivity index (χ0n) is 9.47. The fourth-order valence-electron chi connectivity index (χ4n) is 1.68. The predicted octanol–water partition coefficient (Wildman–Crippen LogP) is 4.17. The largest absolute Gasteiger partial charge is 0.445 e. The molecule has 0 saturated carbocycles. The number of hydrogen-bond donors (Lipinski definition) is 0. The molecule has 2 aromatic carbocycles. The highest BCUT2D eigenvalue weighted by molar-refractivity contribution is 9.10. The topological polar surface area (TPSA) is 35.3 Å². The number of hydrogen-bond acceptors (Lipinski definition) is 3. The number of aromatic nitrogens is 1. The van der Waals surface area contributed by atoms with Crippen molar-refractivity contribution in [2.45, 2.75) is 6.61 Å². The van der Waals surface area contributed by atoms with Crippen LogP contribution in [0.4, 0.5) is 0 Å². The lowest BCUT2D eigenvalue weighted by atomic mass is 10.2. The molecule has 0 fully saturated rings. The molecule has 0 aliphatic heterocycles. The SMILES string of the molecule is Brc1cccc2nc(OCc3ccccc3)oc12. The molecule has 0 radical (unpaired) electrons. The van der Waals surface area contributed by atoms with E-state index in [-0.39, 0.29) is 0 Å². The van der Waals surface area contributed by atoms with Crippen LogP contribution in [0.5, 0.6) is 6.08 Å². The zero-order chi connectivity index (χ0) is 12.4. The lowest BCUT2D eigenvalue weighted by Crippen LogP contribution is -1.94. The van der Waals surface area contributed by atoms with Gasteiger partial charge in [0, 0.05) is 0 Å². The molecule has 0 bridgehead atoms. The smallest absolute Gasteiger partial charge is 0.395 e. The van der Waals surface area contributed by atoms with Gasteiger partial charge >= 0.3 is 6.08 Å². The van der Waals surface area contributed by atoms with Gasteiger partial charge in [0.2, 0.25) is 0 Å². The van der Waals surface area contributed by atoms with Crippen LogP contribution in [0, 0.1) is 0 Å². The van der Waals surface area contributed by atoms with E-state index in [9.17, 15) is 0 Å². The van der Waals surface area contributed by atoms with Crippen LogP contribution in [0.25, 0.3) is 11.1 Å². The van der Waals surface area contributed by atoms with Crippen LogP contribution >= 0.6 is 15.9 Å². The van der Waals surface area contributed by atoms with Crippen LogP contribution in [0.2, 0.25) is 0 Å². The average Bonchev–Trinajstić information content (AvgIpc) is 2.82. The van der Waals surface area contributed by atoms with Gasteiger partial charge < -0.3 is 9.15 Å². The van der Waals surface area contributed by atoms with Crippen molar-refractivity contribution in [2.75, 3.05) is 0 Å². The summed E-state index contributed by atoms with van der Waals surface area (Å²) in [4.78, 5) is 4.27. The highest BCUT2D eigenvalue weighted by Gasteiger charge is 2.09. The van der Waals surface area contributed by atoms with Gasteiger partial charge in [0.05, 0.1) is 4.47 Å². The molecule has 0 aliphatic carbocycles. The molecule has 0 spiro atoms. The van der Waals surface area contributed by atoms with Gasteiger partial charge in [0.1, 0.15) is 12.1 Å². The van der Waals surface area contributed by atoms with E-state index >= 15 is 0 Å². The lowest BCUT2D eigenvalue weighted by molar-refractivity contribution is 0.226. The Morgan fingerprint density at radius 2 is 1.89 bits per heavy atom. The highest BCUT2D eigenvalue weighted by Crippen LogP contribution is 2.27. The Morgan fingerprint density at radius 1 is 1.06 bits per heavy atom. The number of ether oxygens (including phenoxy) is 1. The Labute approximate surface area is 113 Å². The molecule has 0 aliphatic rings. The Morgan fingerprint density at radius 3 is 2.67 bits per heavy atom. The molecule has 18 heavy (non-hydrogen) atoms. The summed E-state index contributed by atoms with van der Waals surface area (Å²) in [5, 5.41) is 0. The van der Waals surface area contributed by atoms with Crippen molar-refractivity contribution in [1.82, 2.24) is 4.98 Å². The Bertz CT molecular complexity index is 664. The number of para-hydroxylation sites is 1. The zero-order valence-corrected chi connectivity index (χ0v) is 11.1. The first-order valence-corrected chi connectivity index (χ1v) is 6.34. The summed E-state index contributed by atoms with van der Waals surface area (Å²) >= 11 is 3.42. The minimum absolute atomic E-state index is 0.292. The molecule has 0 saturated heterocycles. The lowest BCUT2D eigenvalue weighted by Gasteiger charge is -2.00. The number of nitrogens with zero attached hydrogens (tertiary/aromatic N) is 1. The summed E-state index contributed by atoms with van der Waals surface area (Å²) in [6.45, 7) is 0.450. The third kappa shape index (κ3) is 2.24. The van der Waals surface area contributed by atoms with E-state index in [1.165, 1.54) is 0 Å². The van der Waals surface area contributed by atoms with Gasteiger partial charge in [-0.3, -0.25) is 0 Å². The second kappa shape index (κ2) is 4.82. The van der Waals surface area contributed by atoms with E-state index in [1.54, 1.807) is 0 Å². The number of oxazole rings is 1. The molecule has 0 N–H and O–H groups in total. The predicted molar refractivity (Wildman–Crippen MR) is 72.5 cm³/mol. The first-order valence-electron chi connectivity index (χ1n) is 5.55. The van der Waals surface area contributed by atoms with Gasteiger partial charge in [-0.1, -0.05) is 36.4 Å². The summed E-state index contributed by atoms with van der Waals surface area (Å²) in [6.07, 6.45) is 0.292. The molecule has 1 heterocycles. The van der Waals surface area contributed by atoms with Crippen LogP contribution in [0.3, 0.4) is 0 Å². The average molecular weight is 304 g/mol. The standard InChI is InChI=1S/C14H10BrNO2/c15-11-7-4-8-12-13(11)18-14(16-12)17-9-10-5-2-1-3-6-10/h1-8H,9H2. The van der Waals surface area contributed by atoms with Gasteiger partial charge in [0.25, 0.3) is 0 Å². The van der Waals surface area contributed by atoms with Crippen molar-refractivity contribution in [3.8, 4) is 6.08 Å². The number of rotatable bonds is 3. The minimum Gasteiger partial charge on any atom is -0.445 e. The van der Waals surface area contributed by atoms with E-state index in [2.05, 4.69) is 20.9 Å². The summed E-state index contributed by atoms with van der Waals surface area (Å²) < 4.78 is 12.0. The minimum atomic E-state index is 0.292. The molecule has 0 amide bonds. The van der Waals surface area contributed by atoms with Crippen molar-refractivity contribution < 1.29 is 9.15 Å². The van der Waals surface area contributed by atoms with Crippen molar-refractivity contribution in [1.29, 1.82) is 0 Å². The van der Waals surface area contributed by atoms with Crippen LogP contribution < -0.4 is 4.74 Å². The molecular formula is C14H10BrNO2. The van der Waals surface area contributed by atoms with E-state index in [1.807, 2.05) is 48.5 Å². The monoisotopic (exact) mass is 303 g/mol. The Kier molecular flexibility index (Phi) is 3.02. The van der Waals surface area contributed by atoms with Crippen molar-refractivity contribution in [3.05, 3.63) is 58.6 Å². The normalized spacial score (nSPS) is 10.7. The maximum Gasteiger partial charge on any atom is 0.395 e. The molecule has 1 aromatic heterocycles. The van der Waals surface area contributed by atoms with Gasteiger partial charge in [-0.2, -0.15) is 4.98 Å². The molecule has 90 valence electrons. The summed E-state index contributed by atoms with van der Waals surface area (Å²) in [6, 6.07) is 15.6. The third-order valence-corrected chi connectivity index (χ3v) is 3.18. The summed E-state index contributed by atoms with van der Waals surface area (Å²) in [5.74, 6) is 0. The van der Waals surface area contributed by atoms with Crippen molar-refractivity contribution in [2.24, 2.45) is 0 Å². The van der Waals surface area contributed by atoms with Crippen LogP contribution in [0.15, 0.2) is 57.4 Å². The van der Waals surface area contributed by atoms with E-state index < -0.39 is 0 Å². The first-order chi connectivity index (χ1) is 8.83. The Balaban J connectivity index is 1.81. The Hall–Kier alpha value is -1.81. The van der Waals surface area contributed by atoms with Crippen LogP contribution in [-0.2, 0) is 6.61 Å². The number of halogens is 1. The molecule has 3 nitrogen and oxygen atoms in total.